The Morgan fingerprint density at radius 2 is 1.38 bits per heavy atom. The zero-order valence-electron chi connectivity index (χ0n) is 12.7. The number of carbonyl (C=O) groups excluding carboxylic acids is 3. The number of benzene rings is 2. The molecule has 24 heavy (non-hydrogen) atoms. The standard InChI is InChI=1S/C17H16FN3O3/c18-12-3-1-11(2-4-12)15(22)9-10-16(23)20-13-5-7-14(8-6-13)21-17(19)24/h1-8H,9-10H2,(H,20,23)(H3,19,21,24). The zero-order chi connectivity index (χ0) is 17.5. The lowest BCUT2D eigenvalue weighted by Crippen LogP contribution is -2.19. The van der Waals surface area contributed by atoms with Gasteiger partial charge in [-0.15, -0.1) is 0 Å². The number of nitrogens with two attached hydrogens (primary N) is 1. The number of nitrogens with one attached hydrogen (secondary N) is 2. The number of primary amides is 1. The number of urea groups is 1. The monoisotopic (exact) mass is 329 g/mol. The van der Waals surface area contributed by atoms with Gasteiger partial charge in [0.25, 0.3) is 0 Å². The normalized spacial score (nSPS) is 10.0. The van der Waals surface area contributed by atoms with E-state index in [0.717, 1.165) is 0 Å². The summed E-state index contributed by atoms with van der Waals surface area (Å²) in [5.74, 6) is -0.967. The lowest BCUT2D eigenvalue weighted by molar-refractivity contribution is -0.116. The number of amides is 3. The van der Waals surface area contributed by atoms with Gasteiger partial charge in [-0.2, -0.15) is 0 Å². The first kappa shape index (κ1) is 17.1. The number of hydrogen-bond donors (Lipinski definition) is 3. The zero-order valence-corrected chi connectivity index (χ0v) is 12.7. The molecule has 4 N–H and O–H groups in total. The maximum absolute atomic E-state index is 12.8. The second kappa shape index (κ2) is 7.87. The molecule has 0 saturated carbocycles. The second-order valence-corrected chi connectivity index (χ2v) is 5.04. The van der Waals surface area contributed by atoms with Gasteiger partial charge in [0.15, 0.2) is 5.78 Å². The fraction of sp³-hybridized carbons (Fsp3) is 0.118. The maximum Gasteiger partial charge on any atom is 0.316 e. The SMILES string of the molecule is NC(=O)Nc1ccc(NC(=O)CCC(=O)c2ccc(F)cc2)cc1. The van der Waals surface area contributed by atoms with Crippen molar-refractivity contribution in [3.05, 3.63) is 59.9 Å². The van der Waals surface area contributed by atoms with Gasteiger partial charge in [0.05, 0.1) is 0 Å². The molecule has 0 fully saturated rings. The molecule has 2 aromatic carbocycles. The second-order valence-electron chi connectivity index (χ2n) is 5.04. The van der Waals surface area contributed by atoms with Crippen LogP contribution < -0.4 is 16.4 Å². The molecule has 0 unspecified atom stereocenters. The van der Waals surface area contributed by atoms with E-state index < -0.39 is 11.8 Å². The molecular formula is C17H16FN3O3. The molecule has 0 aliphatic carbocycles. The van der Waals surface area contributed by atoms with Crippen molar-refractivity contribution < 1.29 is 18.8 Å². The summed E-state index contributed by atoms with van der Waals surface area (Å²) in [5.41, 5.74) is 6.40. The third-order valence-corrected chi connectivity index (χ3v) is 3.18. The van der Waals surface area contributed by atoms with E-state index in [1.165, 1.54) is 24.3 Å². The third kappa shape index (κ3) is 5.20. The van der Waals surface area contributed by atoms with Crippen molar-refractivity contribution in [2.24, 2.45) is 5.73 Å². The van der Waals surface area contributed by atoms with Crippen molar-refractivity contribution in [3.8, 4) is 0 Å². The summed E-state index contributed by atoms with van der Waals surface area (Å²) < 4.78 is 12.8. The summed E-state index contributed by atoms with van der Waals surface area (Å²) in [6, 6.07) is 10.9. The molecule has 7 heteroatoms. The van der Waals surface area contributed by atoms with Crippen molar-refractivity contribution in [1.82, 2.24) is 0 Å². The average Bonchev–Trinajstić information content (AvgIpc) is 2.54. The molecule has 0 aliphatic heterocycles. The van der Waals surface area contributed by atoms with Crippen LogP contribution in [0.4, 0.5) is 20.6 Å². The highest BCUT2D eigenvalue weighted by Gasteiger charge is 2.10. The van der Waals surface area contributed by atoms with E-state index in [1.807, 2.05) is 0 Å². The predicted molar refractivity (Wildman–Crippen MR) is 88.2 cm³/mol. The Balaban J connectivity index is 1.83. The molecule has 3 amide bonds. The van der Waals surface area contributed by atoms with Crippen molar-refractivity contribution in [2.75, 3.05) is 10.6 Å². The Morgan fingerprint density at radius 1 is 0.833 bits per heavy atom. The number of halogens is 1. The van der Waals surface area contributed by atoms with E-state index in [-0.39, 0.29) is 24.5 Å². The quantitative estimate of drug-likeness (QED) is 0.710. The first-order valence-corrected chi connectivity index (χ1v) is 7.19. The largest absolute Gasteiger partial charge is 0.351 e. The molecule has 0 aliphatic rings. The number of carbonyl (C=O) groups is 3. The summed E-state index contributed by atoms with van der Waals surface area (Å²) in [4.78, 5) is 34.5. The van der Waals surface area contributed by atoms with Crippen molar-refractivity contribution in [2.45, 2.75) is 12.8 Å². The van der Waals surface area contributed by atoms with E-state index >= 15 is 0 Å². The molecule has 6 nitrogen and oxygen atoms in total. The highest BCUT2D eigenvalue weighted by atomic mass is 19.1. The Morgan fingerprint density at radius 3 is 1.92 bits per heavy atom. The molecule has 0 atom stereocenters. The van der Waals surface area contributed by atoms with Crippen LogP contribution in [-0.4, -0.2) is 17.7 Å². The van der Waals surface area contributed by atoms with Crippen molar-refractivity contribution in [1.29, 1.82) is 0 Å². The van der Waals surface area contributed by atoms with Crippen LogP contribution in [0.1, 0.15) is 23.2 Å². The summed E-state index contributed by atoms with van der Waals surface area (Å²) in [6.07, 6.45) is 0.0380. The highest BCUT2D eigenvalue weighted by molar-refractivity contribution is 6.00. The Kier molecular flexibility index (Phi) is 5.62. The predicted octanol–water partition coefficient (Wildman–Crippen LogP) is 2.92. The molecule has 0 saturated heterocycles. The fourth-order valence-corrected chi connectivity index (χ4v) is 2.01. The van der Waals surface area contributed by atoms with Crippen molar-refractivity contribution in [3.63, 3.8) is 0 Å². The van der Waals surface area contributed by atoms with E-state index in [0.29, 0.717) is 16.9 Å². The smallest absolute Gasteiger partial charge is 0.316 e. The Labute approximate surface area is 137 Å². The van der Waals surface area contributed by atoms with Crippen LogP contribution in [0.15, 0.2) is 48.5 Å². The lowest BCUT2D eigenvalue weighted by Gasteiger charge is -2.07. The minimum absolute atomic E-state index is 0.0114. The lowest BCUT2D eigenvalue weighted by atomic mass is 10.1. The topological polar surface area (TPSA) is 101 Å². The van der Waals surface area contributed by atoms with Gasteiger partial charge >= 0.3 is 6.03 Å². The van der Waals surface area contributed by atoms with Crippen LogP contribution in [0.2, 0.25) is 0 Å². The van der Waals surface area contributed by atoms with Gasteiger partial charge in [-0.05, 0) is 48.5 Å². The molecule has 2 aromatic rings. The number of rotatable bonds is 6. The van der Waals surface area contributed by atoms with Gasteiger partial charge in [0, 0.05) is 29.8 Å². The van der Waals surface area contributed by atoms with E-state index in [9.17, 15) is 18.8 Å². The van der Waals surface area contributed by atoms with Gasteiger partial charge in [-0.3, -0.25) is 9.59 Å². The number of ketones is 1. The molecule has 124 valence electrons. The van der Waals surface area contributed by atoms with Crippen LogP contribution >= 0.6 is 0 Å². The molecule has 0 bridgehead atoms. The fourth-order valence-electron chi connectivity index (χ4n) is 2.01. The number of hydrogen-bond acceptors (Lipinski definition) is 3. The van der Waals surface area contributed by atoms with Crippen LogP contribution in [0.5, 0.6) is 0 Å². The van der Waals surface area contributed by atoms with Crippen molar-refractivity contribution >= 4 is 29.1 Å². The van der Waals surface area contributed by atoms with Crippen LogP contribution in [0, 0.1) is 5.82 Å². The van der Waals surface area contributed by atoms with Crippen LogP contribution in [0.3, 0.4) is 0 Å². The molecule has 0 spiro atoms. The molecule has 0 heterocycles. The van der Waals surface area contributed by atoms with Crippen LogP contribution in [-0.2, 0) is 4.79 Å². The minimum Gasteiger partial charge on any atom is -0.351 e. The molecule has 2 rings (SSSR count). The van der Waals surface area contributed by atoms with Gasteiger partial charge < -0.3 is 16.4 Å². The van der Waals surface area contributed by atoms with E-state index in [1.54, 1.807) is 24.3 Å². The van der Waals surface area contributed by atoms with Gasteiger partial charge in [-0.25, -0.2) is 9.18 Å². The summed E-state index contributed by atoms with van der Waals surface area (Å²) in [5, 5.41) is 5.05. The highest BCUT2D eigenvalue weighted by Crippen LogP contribution is 2.14. The molecular weight excluding hydrogens is 313 g/mol. The van der Waals surface area contributed by atoms with Gasteiger partial charge in [0.1, 0.15) is 5.82 Å². The third-order valence-electron chi connectivity index (χ3n) is 3.18. The van der Waals surface area contributed by atoms with E-state index in [2.05, 4.69) is 10.6 Å². The Bertz CT molecular complexity index is 743. The van der Waals surface area contributed by atoms with E-state index in [4.69, 9.17) is 5.73 Å². The average molecular weight is 329 g/mol. The number of anilines is 2. The summed E-state index contributed by atoms with van der Waals surface area (Å²) in [7, 11) is 0. The van der Waals surface area contributed by atoms with Crippen LogP contribution in [0.25, 0.3) is 0 Å². The van der Waals surface area contributed by atoms with Gasteiger partial charge in [-0.1, -0.05) is 0 Å². The minimum atomic E-state index is -0.675. The first-order valence-electron chi connectivity index (χ1n) is 7.19. The maximum atomic E-state index is 12.8. The summed E-state index contributed by atoms with van der Waals surface area (Å²) in [6.45, 7) is 0. The summed E-state index contributed by atoms with van der Waals surface area (Å²) >= 11 is 0. The Hall–Kier alpha value is -3.22. The van der Waals surface area contributed by atoms with Gasteiger partial charge in [0.2, 0.25) is 5.91 Å². The number of Topliss-reactive ketones (excluding diaryl/α,β-unsaturated/α-hetero) is 1. The first-order chi connectivity index (χ1) is 11.4. The molecule has 0 aromatic heterocycles. The molecule has 0 radical (unpaired) electrons.